The van der Waals surface area contributed by atoms with Gasteiger partial charge in [-0.1, -0.05) is 6.07 Å². The number of nitrogen functional groups attached to an aromatic ring is 1. The third-order valence-corrected chi connectivity index (χ3v) is 5.27. The second kappa shape index (κ2) is 5.37. The van der Waals surface area contributed by atoms with Crippen molar-refractivity contribution in [2.45, 2.75) is 11.8 Å². The van der Waals surface area contributed by atoms with Crippen molar-refractivity contribution in [3.05, 3.63) is 24.0 Å². The average Bonchev–Trinajstić information content (AvgIpc) is 2.41. The molecule has 1 aliphatic heterocycles. The van der Waals surface area contributed by atoms with E-state index in [0.717, 1.165) is 6.07 Å². The summed E-state index contributed by atoms with van der Waals surface area (Å²) in [7, 11) is -3.83. The standard InChI is InChI=1S/C12H16FN3O3S/c1-9(17)15-5-7-16(8-6-15)20(18,19)11-4-2-3-10(13)12(11)14/h2-4H,5-8,14H2,1H3. The van der Waals surface area contributed by atoms with Crippen LogP contribution in [0.4, 0.5) is 10.1 Å². The maximum atomic E-state index is 13.4. The topological polar surface area (TPSA) is 83.7 Å². The Hall–Kier alpha value is -1.67. The summed E-state index contributed by atoms with van der Waals surface area (Å²) in [5.41, 5.74) is 5.13. The molecule has 1 saturated heterocycles. The van der Waals surface area contributed by atoms with Gasteiger partial charge in [-0.3, -0.25) is 4.79 Å². The number of carbonyl (C=O) groups is 1. The molecule has 0 unspecified atom stereocenters. The first-order valence-corrected chi connectivity index (χ1v) is 7.57. The van der Waals surface area contributed by atoms with Crippen molar-refractivity contribution in [1.82, 2.24) is 9.21 Å². The third-order valence-electron chi connectivity index (χ3n) is 3.31. The summed E-state index contributed by atoms with van der Waals surface area (Å²) < 4.78 is 39.4. The van der Waals surface area contributed by atoms with Crippen LogP contribution in [-0.4, -0.2) is 49.7 Å². The average molecular weight is 301 g/mol. The molecule has 1 aliphatic rings. The minimum absolute atomic E-state index is 0.0904. The molecule has 6 nitrogen and oxygen atoms in total. The van der Waals surface area contributed by atoms with Gasteiger partial charge in [-0.15, -0.1) is 0 Å². The van der Waals surface area contributed by atoms with E-state index in [9.17, 15) is 17.6 Å². The summed E-state index contributed by atoms with van der Waals surface area (Å²) in [6.45, 7) is 2.44. The number of anilines is 1. The monoisotopic (exact) mass is 301 g/mol. The molecule has 8 heteroatoms. The van der Waals surface area contributed by atoms with Gasteiger partial charge >= 0.3 is 0 Å². The van der Waals surface area contributed by atoms with Crippen LogP contribution in [0, 0.1) is 5.82 Å². The zero-order chi connectivity index (χ0) is 14.9. The summed E-state index contributed by atoms with van der Waals surface area (Å²) in [6.07, 6.45) is 0. The van der Waals surface area contributed by atoms with E-state index in [1.807, 2.05) is 0 Å². The van der Waals surface area contributed by atoms with Crippen LogP contribution in [0.3, 0.4) is 0 Å². The Kier molecular flexibility index (Phi) is 3.96. The first kappa shape index (κ1) is 14.7. The van der Waals surface area contributed by atoms with E-state index in [1.54, 1.807) is 4.90 Å². The van der Waals surface area contributed by atoms with Crippen LogP contribution in [0.15, 0.2) is 23.1 Å². The maximum Gasteiger partial charge on any atom is 0.245 e. The lowest BCUT2D eigenvalue weighted by atomic mass is 10.3. The smallest absolute Gasteiger partial charge is 0.245 e. The molecule has 1 amide bonds. The normalized spacial score (nSPS) is 17.2. The molecule has 2 rings (SSSR count). The molecule has 0 bridgehead atoms. The van der Waals surface area contributed by atoms with E-state index in [-0.39, 0.29) is 29.6 Å². The quantitative estimate of drug-likeness (QED) is 0.794. The molecule has 2 N–H and O–H groups in total. The Morgan fingerprint density at radius 2 is 1.85 bits per heavy atom. The van der Waals surface area contributed by atoms with Crippen LogP contribution in [0.25, 0.3) is 0 Å². The van der Waals surface area contributed by atoms with E-state index in [1.165, 1.54) is 23.4 Å². The zero-order valence-corrected chi connectivity index (χ0v) is 11.9. The Morgan fingerprint density at radius 3 is 2.40 bits per heavy atom. The fraction of sp³-hybridized carbons (Fsp3) is 0.417. The van der Waals surface area contributed by atoms with Gasteiger partial charge in [0.1, 0.15) is 10.7 Å². The molecular formula is C12H16FN3O3S. The van der Waals surface area contributed by atoms with Crippen molar-refractivity contribution < 1.29 is 17.6 Å². The second-order valence-electron chi connectivity index (χ2n) is 4.56. The maximum absolute atomic E-state index is 13.4. The molecular weight excluding hydrogens is 285 g/mol. The Labute approximate surface area is 117 Å². The van der Waals surface area contributed by atoms with Crippen LogP contribution >= 0.6 is 0 Å². The number of benzene rings is 1. The summed E-state index contributed by atoms with van der Waals surface area (Å²) >= 11 is 0. The first-order chi connectivity index (χ1) is 9.34. The van der Waals surface area contributed by atoms with E-state index in [0.29, 0.717) is 13.1 Å². The van der Waals surface area contributed by atoms with Crippen molar-refractivity contribution in [3.63, 3.8) is 0 Å². The first-order valence-electron chi connectivity index (χ1n) is 6.13. The van der Waals surface area contributed by atoms with Crippen molar-refractivity contribution in [2.24, 2.45) is 0 Å². The molecule has 1 fully saturated rings. The molecule has 0 aromatic heterocycles. The molecule has 1 aromatic carbocycles. The molecule has 0 aliphatic carbocycles. The third kappa shape index (κ3) is 2.61. The Balaban J connectivity index is 2.24. The van der Waals surface area contributed by atoms with Gasteiger partial charge in [0.2, 0.25) is 15.9 Å². The number of piperazine rings is 1. The second-order valence-corrected chi connectivity index (χ2v) is 6.47. The highest BCUT2D eigenvalue weighted by atomic mass is 32.2. The predicted molar refractivity (Wildman–Crippen MR) is 71.8 cm³/mol. The zero-order valence-electron chi connectivity index (χ0n) is 11.0. The lowest BCUT2D eigenvalue weighted by Crippen LogP contribution is -2.50. The van der Waals surface area contributed by atoms with Gasteiger partial charge in [-0.2, -0.15) is 4.31 Å². The van der Waals surface area contributed by atoms with Crippen LogP contribution < -0.4 is 5.73 Å². The minimum atomic E-state index is -3.83. The van der Waals surface area contributed by atoms with E-state index < -0.39 is 15.8 Å². The van der Waals surface area contributed by atoms with Gasteiger partial charge < -0.3 is 10.6 Å². The summed E-state index contributed by atoms with van der Waals surface area (Å²) in [6, 6.07) is 3.71. The summed E-state index contributed by atoms with van der Waals surface area (Å²) in [5.74, 6) is -0.847. The van der Waals surface area contributed by atoms with E-state index in [4.69, 9.17) is 5.73 Å². The molecule has 0 spiro atoms. The minimum Gasteiger partial charge on any atom is -0.395 e. The van der Waals surface area contributed by atoms with Crippen LogP contribution in [0.2, 0.25) is 0 Å². The number of halogens is 1. The summed E-state index contributed by atoms with van der Waals surface area (Å²) in [5, 5.41) is 0. The lowest BCUT2D eigenvalue weighted by Gasteiger charge is -2.33. The van der Waals surface area contributed by atoms with Gasteiger partial charge in [-0.25, -0.2) is 12.8 Å². The van der Waals surface area contributed by atoms with Gasteiger partial charge in [0.05, 0.1) is 5.69 Å². The van der Waals surface area contributed by atoms with Crippen LogP contribution in [-0.2, 0) is 14.8 Å². The van der Waals surface area contributed by atoms with E-state index in [2.05, 4.69) is 0 Å². The van der Waals surface area contributed by atoms with Gasteiger partial charge in [-0.05, 0) is 12.1 Å². The van der Waals surface area contributed by atoms with Crippen molar-refractivity contribution in [1.29, 1.82) is 0 Å². The fourth-order valence-electron chi connectivity index (χ4n) is 2.12. The highest BCUT2D eigenvalue weighted by Gasteiger charge is 2.31. The molecule has 20 heavy (non-hydrogen) atoms. The number of hydrogen-bond donors (Lipinski definition) is 1. The predicted octanol–water partition coefficient (Wildman–Crippen LogP) is 0.261. The SMILES string of the molecule is CC(=O)N1CCN(S(=O)(=O)c2cccc(F)c2N)CC1. The highest BCUT2D eigenvalue weighted by Crippen LogP contribution is 2.25. The number of hydrogen-bond acceptors (Lipinski definition) is 4. The molecule has 0 saturated carbocycles. The van der Waals surface area contributed by atoms with Gasteiger partial charge in [0, 0.05) is 33.1 Å². The largest absolute Gasteiger partial charge is 0.395 e. The van der Waals surface area contributed by atoms with Crippen molar-refractivity contribution in [3.8, 4) is 0 Å². The van der Waals surface area contributed by atoms with Gasteiger partial charge in [0.25, 0.3) is 0 Å². The van der Waals surface area contributed by atoms with Crippen molar-refractivity contribution in [2.75, 3.05) is 31.9 Å². The fourth-order valence-corrected chi connectivity index (χ4v) is 3.67. The van der Waals surface area contributed by atoms with Gasteiger partial charge in [0.15, 0.2) is 0 Å². The number of rotatable bonds is 2. The molecule has 0 atom stereocenters. The Bertz CT molecular complexity index is 625. The number of sulfonamides is 1. The van der Waals surface area contributed by atoms with Crippen LogP contribution in [0.1, 0.15) is 6.92 Å². The van der Waals surface area contributed by atoms with Crippen LogP contribution in [0.5, 0.6) is 0 Å². The number of nitrogens with two attached hydrogens (primary N) is 1. The van der Waals surface area contributed by atoms with Crippen molar-refractivity contribution >= 4 is 21.6 Å². The molecule has 1 aromatic rings. The Morgan fingerprint density at radius 1 is 1.25 bits per heavy atom. The number of carbonyl (C=O) groups excluding carboxylic acids is 1. The summed E-state index contributed by atoms with van der Waals surface area (Å²) in [4.78, 5) is 12.6. The molecule has 1 heterocycles. The highest BCUT2D eigenvalue weighted by molar-refractivity contribution is 7.89. The number of amides is 1. The lowest BCUT2D eigenvalue weighted by molar-refractivity contribution is -0.129. The van der Waals surface area contributed by atoms with E-state index >= 15 is 0 Å². The number of para-hydroxylation sites is 1. The molecule has 0 radical (unpaired) electrons. The molecule has 110 valence electrons. The number of nitrogens with zero attached hydrogens (tertiary/aromatic N) is 2.